The summed E-state index contributed by atoms with van der Waals surface area (Å²) in [7, 11) is 0. The summed E-state index contributed by atoms with van der Waals surface area (Å²) in [6, 6.07) is 11.7. The van der Waals surface area contributed by atoms with Gasteiger partial charge in [0.1, 0.15) is 17.6 Å². The summed E-state index contributed by atoms with van der Waals surface area (Å²) in [5.74, 6) is 2.04. The van der Waals surface area contributed by atoms with Crippen LogP contribution in [0.1, 0.15) is 55.7 Å². The number of phenols is 1. The fourth-order valence-electron chi connectivity index (χ4n) is 8.03. The van der Waals surface area contributed by atoms with Crippen molar-refractivity contribution in [1.29, 1.82) is 0 Å². The largest absolute Gasteiger partial charge is 0.508 e. The quantitative estimate of drug-likeness (QED) is 0.385. The number of anilines is 1. The first-order valence-corrected chi connectivity index (χ1v) is 14.0. The average Bonchev–Trinajstić information content (AvgIpc) is 3.66. The third-order valence-corrected chi connectivity index (χ3v) is 9.82. The Morgan fingerprint density at radius 1 is 1.21 bits per heavy atom. The zero-order valence-electron chi connectivity index (χ0n) is 21.8. The molecule has 2 bridgehead atoms. The van der Waals surface area contributed by atoms with Crippen LogP contribution in [0.3, 0.4) is 0 Å². The minimum atomic E-state index is -0.279. The Kier molecular flexibility index (Phi) is 5.55. The maximum Gasteiger partial charge on any atom is 0.247 e. The van der Waals surface area contributed by atoms with Crippen molar-refractivity contribution in [2.75, 3.05) is 18.4 Å². The Labute approximate surface area is 223 Å². The van der Waals surface area contributed by atoms with Gasteiger partial charge in [0.25, 0.3) is 0 Å². The topological polar surface area (TPSA) is 90.9 Å². The highest BCUT2D eigenvalue weighted by Crippen LogP contribution is 2.65. The number of aromatic hydroxyl groups is 1. The molecule has 0 radical (unpaired) electrons. The Bertz CT molecular complexity index is 1320. The molecule has 1 spiro atoms. The number of nitrogens with zero attached hydrogens (tertiary/aromatic N) is 1. The molecule has 5 atom stereocenters. The van der Waals surface area contributed by atoms with E-state index in [-0.39, 0.29) is 29.2 Å². The Morgan fingerprint density at radius 3 is 2.79 bits per heavy atom. The lowest BCUT2D eigenvalue weighted by Crippen LogP contribution is -2.69. The standard InChI is InChI=1S/C31H35N3O4/c1-18(13-19-5-3-2-4-6-19)30(37)33-23-10-9-22-25-14-21-26(36)15-24(32-17-35)28-27(21)31(22,29(23)38-28)11-12-34(25)16-20-7-8-20/h2-6,13,15,17,20,22-23,25,29,36H,7-12,14,16H2,1H3,(H,32,35)(H,33,37)/t22-,23+,25+,29-,31-/m0/s1. The third kappa shape index (κ3) is 3.58. The number of nitrogens with one attached hydrogen (secondary N) is 2. The molecule has 5 aliphatic rings. The van der Waals surface area contributed by atoms with Gasteiger partial charge in [-0.2, -0.15) is 0 Å². The SMILES string of the molecule is CC(=Cc1ccccc1)C(=O)N[C@@H]1CC[C@H]2[C@H]3Cc4c(O)cc(NC=O)c5c4[C@@]2(CCN3CC2CC2)[C@H]1O5. The molecule has 2 aromatic rings. The number of likely N-dealkylation sites (tertiary alicyclic amines) is 1. The molecule has 2 amide bonds. The van der Waals surface area contributed by atoms with Gasteiger partial charge in [-0.1, -0.05) is 30.3 Å². The number of hydrogen-bond acceptors (Lipinski definition) is 5. The van der Waals surface area contributed by atoms with Crippen LogP contribution in [0.5, 0.6) is 11.5 Å². The molecule has 38 heavy (non-hydrogen) atoms. The smallest absolute Gasteiger partial charge is 0.247 e. The predicted octanol–water partition coefficient (Wildman–Crippen LogP) is 4.00. The summed E-state index contributed by atoms with van der Waals surface area (Å²) < 4.78 is 6.77. The van der Waals surface area contributed by atoms with Gasteiger partial charge in [0.2, 0.25) is 12.3 Å². The maximum atomic E-state index is 13.4. The van der Waals surface area contributed by atoms with E-state index < -0.39 is 0 Å². The van der Waals surface area contributed by atoms with Crippen LogP contribution in [0.15, 0.2) is 42.0 Å². The molecule has 198 valence electrons. The highest BCUT2D eigenvalue weighted by molar-refractivity contribution is 5.97. The second-order valence-corrected chi connectivity index (χ2v) is 11.9. The van der Waals surface area contributed by atoms with E-state index >= 15 is 0 Å². The number of benzene rings is 2. The molecule has 2 heterocycles. The van der Waals surface area contributed by atoms with Gasteiger partial charge in [-0.15, -0.1) is 0 Å². The van der Waals surface area contributed by atoms with Gasteiger partial charge in [0.05, 0.1) is 11.7 Å². The van der Waals surface area contributed by atoms with Crippen LogP contribution in [0.2, 0.25) is 0 Å². The fraction of sp³-hybridized carbons (Fsp3) is 0.484. The van der Waals surface area contributed by atoms with Crippen LogP contribution < -0.4 is 15.4 Å². The summed E-state index contributed by atoms with van der Waals surface area (Å²) in [5, 5.41) is 17.2. The Hall–Kier alpha value is -3.32. The van der Waals surface area contributed by atoms with Crippen LogP contribution in [0.25, 0.3) is 6.08 Å². The van der Waals surface area contributed by atoms with E-state index in [2.05, 4.69) is 15.5 Å². The number of piperidine rings is 1. The lowest BCUT2D eigenvalue weighted by molar-refractivity contribution is -0.121. The molecule has 2 aliphatic heterocycles. The lowest BCUT2D eigenvalue weighted by atomic mass is 9.51. The molecule has 3 aliphatic carbocycles. The normalized spacial score (nSPS) is 31.2. The number of carbonyl (C=O) groups excluding carboxylic acids is 2. The third-order valence-electron chi connectivity index (χ3n) is 9.82. The van der Waals surface area contributed by atoms with Crippen molar-refractivity contribution in [2.24, 2.45) is 11.8 Å². The van der Waals surface area contributed by atoms with Crippen LogP contribution >= 0.6 is 0 Å². The van der Waals surface area contributed by atoms with Crippen LogP contribution in [-0.4, -0.2) is 53.6 Å². The van der Waals surface area contributed by atoms with Crippen LogP contribution in [0.4, 0.5) is 5.69 Å². The van der Waals surface area contributed by atoms with E-state index in [0.29, 0.717) is 35.4 Å². The van der Waals surface area contributed by atoms with E-state index in [1.165, 1.54) is 12.8 Å². The second kappa shape index (κ2) is 8.87. The van der Waals surface area contributed by atoms with Crippen molar-refractivity contribution < 1.29 is 19.4 Å². The number of carbonyl (C=O) groups is 2. The Morgan fingerprint density at radius 2 is 2.03 bits per heavy atom. The van der Waals surface area contributed by atoms with Gasteiger partial charge >= 0.3 is 0 Å². The molecule has 2 saturated carbocycles. The molecule has 7 nitrogen and oxygen atoms in total. The van der Waals surface area contributed by atoms with Crippen molar-refractivity contribution >= 4 is 24.1 Å². The van der Waals surface area contributed by atoms with E-state index in [4.69, 9.17) is 4.74 Å². The van der Waals surface area contributed by atoms with Crippen molar-refractivity contribution in [3.05, 3.63) is 58.7 Å². The fourth-order valence-corrected chi connectivity index (χ4v) is 8.03. The molecule has 3 N–H and O–H groups in total. The summed E-state index contributed by atoms with van der Waals surface area (Å²) >= 11 is 0. The summed E-state index contributed by atoms with van der Waals surface area (Å²) in [6.07, 6.45) is 8.55. The molecule has 2 aromatic carbocycles. The lowest BCUT2D eigenvalue weighted by Gasteiger charge is -2.59. The van der Waals surface area contributed by atoms with Gasteiger partial charge in [-0.3, -0.25) is 14.5 Å². The van der Waals surface area contributed by atoms with Gasteiger partial charge in [0, 0.05) is 40.8 Å². The summed E-state index contributed by atoms with van der Waals surface area (Å²) in [4.78, 5) is 27.5. The number of amides is 2. The van der Waals surface area contributed by atoms with Crippen molar-refractivity contribution in [2.45, 2.75) is 69.1 Å². The highest BCUT2D eigenvalue weighted by Gasteiger charge is 2.66. The highest BCUT2D eigenvalue weighted by atomic mass is 16.5. The first kappa shape index (κ1) is 23.8. The number of rotatable bonds is 7. The molecular weight excluding hydrogens is 478 g/mol. The average molecular weight is 514 g/mol. The number of phenolic OH excluding ortho intramolecular Hbond substituents is 1. The predicted molar refractivity (Wildman–Crippen MR) is 145 cm³/mol. The van der Waals surface area contributed by atoms with Crippen molar-refractivity contribution in [3.8, 4) is 11.5 Å². The summed E-state index contributed by atoms with van der Waals surface area (Å²) in [6.45, 7) is 3.99. The minimum absolute atomic E-state index is 0.0823. The number of hydrogen-bond donors (Lipinski definition) is 3. The molecule has 7 rings (SSSR count). The minimum Gasteiger partial charge on any atom is -0.508 e. The first-order valence-electron chi connectivity index (χ1n) is 14.0. The van der Waals surface area contributed by atoms with E-state index in [9.17, 15) is 14.7 Å². The molecule has 1 saturated heterocycles. The van der Waals surface area contributed by atoms with Gasteiger partial charge < -0.3 is 20.5 Å². The Balaban J connectivity index is 1.25. The first-order chi connectivity index (χ1) is 18.5. The monoisotopic (exact) mass is 513 g/mol. The van der Waals surface area contributed by atoms with Crippen LogP contribution in [0, 0.1) is 11.8 Å². The second-order valence-electron chi connectivity index (χ2n) is 11.9. The molecule has 0 aromatic heterocycles. The van der Waals surface area contributed by atoms with Gasteiger partial charge in [-0.25, -0.2) is 0 Å². The number of ether oxygens (including phenoxy) is 1. The molecule has 0 unspecified atom stereocenters. The zero-order valence-corrected chi connectivity index (χ0v) is 21.8. The van der Waals surface area contributed by atoms with E-state index in [1.54, 1.807) is 6.07 Å². The maximum absolute atomic E-state index is 13.4. The molecule has 3 fully saturated rings. The van der Waals surface area contributed by atoms with Gasteiger partial charge in [-0.05, 0) is 75.5 Å². The van der Waals surface area contributed by atoms with Crippen LogP contribution in [-0.2, 0) is 21.4 Å². The zero-order chi connectivity index (χ0) is 26.0. The summed E-state index contributed by atoms with van der Waals surface area (Å²) in [5.41, 5.74) is 3.94. The van der Waals surface area contributed by atoms with E-state index in [0.717, 1.165) is 61.4 Å². The molecular formula is C31H35N3O4. The van der Waals surface area contributed by atoms with Crippen molar-refractivity contribution in [3.63, 3.8) is 0 Å². The van der Waals surface area contributed by atoms with E-state index in [1.807, 2.05) is 43.3 Å². The van der Waals surface area contributed by atoms with Gasteiger partial charge in [0.15, 0.2) is 0 Å². The molecule has 7 heteroatoms. The van der Waals surface area contributed by atoms with Crippen molar-refractivity contribution in [1.82, 2.24) is 10.2 Å².